The molecule has 2 aromatic rings. The number of rotatable bonds is 2. The minimum absolute atomic E-state index is 0.0673. The van der Waals surface area contributed by atoms with E-state index in [0.717, 1.165) is 6.07 Å². The summed E-state index contributed by atoms with van der Waals surface area (Å²) >= 11 is 0. The quantitative estimate of drug-likeness (QED) is 0.833. The monoisotopic (exact) mass is 251 g/mol. The van der Waals surface area contributed by atoms with Crippen molar-refractivity contribution in [2.45, 2.75) is 9.79 Å². The molecular weight excluding hydrogens is 241 g/mol. The van der Waals surface area contributed by atoms with Gasteiger partial charge in [0.15, 0.2) is 0 Å². The molecular formula is C12H10FNO2S. The molecule has 17 heavy (non-hydrogen) atoms. The number of hydrogen-bond acceptors (Lipinski definition) is 3. The minimum Gasteiger partial charge on any atom is -0.399 e. The van der Waals surface area contributed by atoms with Crippen LogP contribution in [0.25, 0.3) is 0 Å². The van der Waals surface area contributed by atoms with Crippen molar-refractivity contribution in [3.63, 3.8) is 0 Å². The molecule has 0 aromatic heterocycles. The van der Waals surface area contributed by atoms with Gasteiger partial charge in [-0.3, -0.25) is 0 Å². The van der Waals surface area contributed by atoms with E-state index in [4.69, 9.17) is 5.73 Å². The summed E-state index contributed by atoms with van der Waals surface area (Å²) in [6, 6.07) is 10.7. The standard InChI is InChI=1S/C12H10FNO2S/c13-9-2-1-3-12(8-9)17(15,16)11-6-4-10(14)5-7-11/h1-8H,14H2. The lowest BCUT2D eigenvalue weighted by Crippen LogP contribution is -2.02. The summed E-state index contributed by atoms with van der Waals surface area (Å²) in [4.78, 5) is 0.0274. The van der Waals surface area contributed by atoms with Gasteiger partial charge in [-0.2, -0.15) is 0 Å². The van der Waals surface area contributed by atoms with Gasteiger partial charge in [0, 0.05) is 5.69 Å². The fourth-order valence-electron chi connectivity index (χ4n) is 1.42. The zero-order valence-corrected chi connectivity index (χ0v) is 9.62. The fraction of sp³-hybridized carbons (Fsp3) is 0. The van der Waals surface area contributed by atoms with Crippen LogP contribution in [-0.4, -0.2) is 8.42 Å². The fourth-order valence-corrected chi connectivity index (χ4v) is 2.71. The van der Waals surface area contributed by atoms with Crippen molar-refractivity contribution < 1.29 is 12.8 Å². The molecule has 5 heteroatoms. The second kappa shape index (κ2) is 4.18. The predicted octanol–water partition coefficient (Wildman–Crippen LogP) is 2.24. The summed E-state index contributed by atoms with van der Waals surface area (Å²) in [5.41, 5.74) is 5.95. The van der Waals surface area contributed by atoms with Crippen molar-refractivity contribution in [1.82, 2.24) is 0 Å². The van der Waals surface area contributed by atoms with Crippen LogP contribution in [0.1, 0.15) is 0 Å². The van der Waals surface area contributed by atoms with Crippen LogP contribution in [-0.2, 0) is 9.84 Å². The number of anilines is 1. The summed E-state index contributed by atoms with van der Waals surface area (Å²) < 4.78 is 37.2. The third-order valence-electron chi connectivity index (χ3n) is 2.30. The highest BCUT2D eigenvalue weighted by Gasteiger charge is 2.17. The molecule has 2 N–H and O–H groups in total. The van der Waals surface area contributed by atoms with E-state index in [-0.39, 0.29) is 9.79 Å². The molecule has 0 spiro atoms. The molecule has 0 aliphatic rings. The smallest absolute Gasteiger partial charge is 0.206 e. The van der Waals surface area contributed by atoms with E-state index >= 15 is 0 Å². The summed E-state index contributed by atoms with van der Waals surface area (Å²) in [5.74, 6) is -0.582. The third kappa shape index (κ3) is 2.29. The van der Waals surface area contributed by atoms with E-state index in [1.54, 1.807) is 0 Å². The van der Waals surface area contributed by atoms with E-state index in [9.17, 15) is 12.8 Å². The highest BCUT2D eigenvalue weighted by molar-refractivity contribution is 7.91. The van der Waals surface area contributed by atoms with Crippen molar-refractivity contribution in [3.05, 3.63) is 54.3 Å². The molecule has 0 amide bonds. The van der Waals surface area contributed by atoms with Crippen LogP contribution in [0.4, 0.5) is 10.1 Å². The Kier molecular flexibility index (Phi) is 2.85. The highest BCUT2D eigenvalue weighted by Crippen LogP contribution is 2.21. The van der Waals surface area contributed by atoms with Gasteiger partial charge in [0.25, 0.3) is 0 Å². The zero-order valence-electron chi connectivity index (χ0n) is 8.80. The first-order valence-electron chi connectivity index (χ1n) is 4.86. The third-order valence-corrected chi connectivity index (χ3v) is 4.06. The molecule has 0 saturated carbocycles. The van der Waals surface area contributed by atoms with E-state index in [2.05, 4.69) is 0 Å². The molecule has 88 valence electrons. The van der Waals surface area contributed by atoms with Gasteiger partial charge in [0.05, 0.1) is 9.79 Å². The van der Waals surface area contributed by atoms with Crippen LogP contribution >= 0.6 is 0 Å². The molecule has 0 fully saturated rings. The van der Waals surface area contributed by atoms with Crippen LogP contribution in [0.3, 0.4) is 0 Å². The molecule has 0 heterocycles. The van der Waals surface area contributed by atoms with Gasteiger partial charge in [-0.15, -0.1) is 0 Å². The number of nitrogen functional groups attached to an aromatic ring is 1. The van der Waals surface area contributed by atoms with Crippen molar-refractivity contribution in [2.24, 2.45) is 0 Å². The highest BCUT2D eigenvalue weighted by atomic mass is 32.2. The Balaban J connectivity index is 2.54. The average Bonchev–Trinajstić information content (AvgIpc) is 2.29. The number of nitrogens with two attached hydrogens (primary N) is 1. The zero-order chi connectivity index (χ0) is 12.5. The summed E-state index contributed by atoms with van der Waals surface area (Å²) in [5, 5.41) is 0. The first-order chi connectivity index (χ1) is 8.00. The number of benzene rings is 2. The summed E-state index contributed by atoms with van der Waals surface area (Å²) in [6.07, 6.45) is 0. The molecule has 0 atom stereocenters. The molecule has 0 saturated heterocycles. The van der Waals surface area contributed by atoms with Crippen LogP contribution in [0.15, 0.2) is 58.3 Å². The van der Waals surface area contributed by atoms with Gasteiger partial charge < -0.3 is 5.73 Å². The molecule has 0 unspecified atom stereocenters. The molecule has 0 bridgehead atoms. The Morgan fingerprint density at radius 3 is 2.18 bits per heavy atom. The Morgan fingerprint density at radius 1 is 0.941 bits per heavy atom. The predicted molar refractivity (Wildman–Crippen MR) is 62.7 cm³/mol. The molecule has 0 aliphatic carbocycles. The first-order valence-corrected chi connectivity index (χ1v) is 6.35. The average molecular weight is 251 g/mol. The molecule has 3 nitrogen and oxygen atoms in total. The van der Waals surface area contributed by atoms with E-state index in [1.165, 1.54) is 42.5 Å². The maximum Gasteiger partial charge on any atom is 0.206 e. The van der Waals surface area contributed by atoms with Crippen LogP contribution in [0.5, 0.6) is 0 Å². The Hall–Kier alpha value is -1.88. The summed E-state index contributed by atoms with van der Waals surface area (Å²) in [6.45, 7) is 0. The van der Waals surface area contributed by atoms with Gasteiger partial charge in [0.1, 0.15) is 5.82 Å². The van der Waals surface area contributed by atoms with Crippen molar-refractivity contribution in [2.75, 3.05) is 5.73 Å². The number of sulfone groups is 1. The lowest BCUT2D eigenvalue weighted by atomic mass is 10.3. The van der Waals surface area contributed by atoms with E-state index in [0.29, 0.717) is 5.69 Å². The van der Waals surface area contributed by atoms with E-state index in [1.807, 2.05) is 0 Å². The Labute approximate surface area is 98.6 Å². The van der Waals surface area contributed by atoms with E-state index < -0.39 is 15.7 Å². The van der Waals surface area contributed by atoms with Gasteiger partial charge in [-0.25, -0.2) is 12.8 Å². The van der Waals surface area contributed by atoms with Crippen LogP contribution in [0, 0.1) is 5.82 Å². The minimum atomic E-state index is -3.67. The second-order valence-electron chi connectivity index (χ2n) is 3.53. The molecule has 2 aromatic carbocycles. The van der Waals surface area contributed by atoms with Gasteiger partial charge >= 0.3 is 0 Å². The number of halogens is 1. The molecule has 2 rings (SSSR count). The summed E-state index contributed by atoms with van der Waals surface area (Å²) in [7, 11) is -3.67. The SMILES string of the molecule is Nc1ccc(S(=O)(=O)c2cccc(F)c2)cc1. The molecule has 0 radical (unpaired) electrons. The van der Waals surface area contributed by atoms with Gasteiger partial charge in [-0.1, -0.05) is 6.07 Å². The van der Waals surface area contributed by atoms with Gasteiger partial charge in [0.2, 0.25) is 9.84 Å². The van der Waals surface area contributed by atoms with Gasteiger partial charge in [-0.05, 0) is 42.5 Å². The second-order valence-corrected chi connectivity index (χ2v) is 5.48. The lowest BCUT2D eigenvalue weighted by molar-refractivity contribution is 0.591. The first kappa shape index (κ1) is 11.6. The van der Waals surface area contributed by atoms with Crippen molar-refractivity contribution >= 4 is 15.5 Å². The van der Waals surface area contributed by atoms with Crippen molar-refractivity contribution in [1.29, 1.82) is 0 Å². The normalized spacial score (nSPS) is 11.4. The van der Waals surface area contributed by atoms with Crippen LogP contribution in [0.2, 0.25) is 0 Å². The maximum absolute atomic E-state index is 13.0. The topological polar surface area (TPSA) is 60.2 Å². The largest absolute Gasteiger partial charge is 0.399 e. The Bertz CT molecular complexity index is 636. The molecule has 0 aliphatic heterocycles. The lowest BCUT2D eigenvalue weighted by Gasteiger charge is -2.04. The Morgan fingerprint density at radius 2 is 1.59 bits per heavy atom. The maximum atomic E-state index is 13.0. The number of hydrogen-bond donors (Lipinski definition) is 1. The van der Waals surface area contributed by atoms with Crippen LogP contribution < -0.4 is 5.73 Å². The van der Waals surface area contributed by atoms with Crippen molar-refractivity contribution in [3.8, 4) is 0 Å².